The lowest BCUT2D eigenvalue weighted by molar-refractivity contribution is -0.143. The summed E-state index contributed by atoms with van der Waals surface area (Å²) in [6.45, 7) is 12.0. The first-order valence-electron chi connectivity index (χ1n) is 13.2. The van der Waals surface area contributed by atoms with Crippen LogP contribution in [0.15, 0.2) is 0 Å². The highest BCUT2D eigenvalue weighted by Gasteiger charge is 2.31. The highest BCUT2D eigenvalue weighted by atomic mass is 16.6. The van der Waals surface area contributed by atoms with E-state index in [1.165, 1.54) is 0 Å². The molecule has 3 amide bonds. The lowest BCUT2D eigenvalue weighted by Gasteiger charge is -2.35. The molecule has 0 aromatic heterocycles. The highest BCUT2D eigenvalue weighted by molar-refractivity contribution is 5.82. The van der Waals surface area contributed by atoms with E-state index in [1.54, 1.807) is 11.8 Å². The van der Waals surface area contributed by atoms with Gasteiger partial charge in [0.05, 0.1) is 18.9 Å². The Bertz CT molecular complexity index is 727. The largest absolute Gasteiger partial charge is 0.466 e. The Morgan fingerprint density at radius 3 is 2.29 bits per heavy atom. The maximum absolute atomic E-state index is 12.9. The van der Waals surface area contributed by atoms with Crippen LogP contribution in [0.1, 0.15) is 86.0 Å². The van der Waals surface area contributed by atoms with Crippen LogP contribution in [-0.2, 0) is 23.9 Å². The zero-order valence-corrected chi connectivity index (χ0v) is 22.3. The summed E-state index contributed by atoms with van der Waals surface area (Å²) in [7, 11) is 0. The van der Waals surface area contributed by atoms with Gasteiger partial charge in [-0.15, -0.1) is 0 Å². The second-order valence-electron chi connectivity index (χ2n) is 10.8. The number of piperidine rings is 2. The number of amides is 3. The second kappa shape index (κ2) is 13.7. The molecule has 2 fully saturated rings. The third-order valence-corrected chi connectivity index (χ3v) is 6.74. The van der Waals surface area contributed by atoms with E-state index in [-0.39, 0.29) is 42.3 Å². The van der Waals surface area contributed by atoms with E-state index in [4.69, 9.17) is 9.47 Å². The van der Waals surface area contributed by atoms with E-state index in [0.29, 0.717) is 51.5 Å². The summed E-state index contributed by atoms with van der Waals surface area (Å²) >= 11 is 0. The number of hydrogen-bond acceptors (Lipinski definition) is 6. The van der Waals surface area contributed by atoms with Gasteiger partial charge in [0.1, 0.15) is 5.60 Å². The lowest BCUT2D eigenvalue weighted by Crippen LogP contribution is -2.48. The first kappa shape index (κ1) is 28.9. The third-order valence-electron chi connectivity index (χ3n) is 6.74. The summed E-state index contributed by atoms with van der Waals surface area (Å²) in [5.41, 5.74) is -0.498. The average molecular weight is 496 g/mol. The van der Waals surface area contributed by atoms with Crippen LogP contribution in [-0.4, -0.2) is 78.1 Å². The van der Waals surface area contributed by atoms with Crippen molar-refractivity contribution in [2.24, 2.45) is 11.8 Å². The molecule has 9 nitrogen and oxygen atoms in total. The highest BCUT2D eigenvalue weighted by Crippen LogP contribution is 2.25. The van der Waals surface area contributed by atoms with Gasteiger partial charge in [-0.1, -0.05) is 6.92 Å². The van der Waals surface area contributed by atoms with Gasteiger partial charge in [-0.3, -0.25) is 14.4 Å². The maximum atomic E-state index is 12.9. The van der Waals surface area contributed by atoms with Gasteiger partial charge in [0.2, 0.25) is 11.8 Å². The van der Waals surface area contributed by atoms with Gasteiger partial charge in [0.15, 0.2) is 0 Å². The SMILES string of the molecule is CCOC(=O)CC(CC)NC(=O)[C@@H]1CCCN(C(=O)CCC2CCN(C(=O)OC(C)(C)C)CC2)C1. The fraction of sp³-hybridized carbons (Fsp3) is 0.846. The average Bonchev–Trinajstić information content (AvgIpc) is 2.81. The molecule has 1 unspecified atom stereocenters. The van der Waals surface area contributed by atoms with Crippen molar-refractivity contribution in [2.45, 2.75) is 97.6 Å². The summed E-state index contributed by atoms with van der Waals surface area (Å²) in [4.78, 5) is 53.3. The van der Waals surface area contributed by atoms with Crippen LogP contribution >= 0.6 is 0 Å². The molecule has 0 radical (unpaired) electrons. The van der Waals surface area contributed by atoms with Crippen molar-refractivity contribution in [1.82, 2.24) is 15.1 Å². The number of carbonyl (C=O) groups excluding carboxylic acids is 4. The molecule has 0 aliphatic carbocycles. The molecule has 1 N–H and O–H groups in total. The molecule has 0 bridgehead atoms. The van der Waals surface area contributed by atoms with Crippen LogP contribution in [0.2, 0.25) is 0 Å². The molecule has 2 aliphatic rings. The summed E-state index contributed by atoms with van der Waals surface area (Å²) in [6.07, 6.45) is 5.09. The predicted octanol–water partition coefficient (Wildman–Crippen LogP) is 3.50. The second-order valence-corrected chi connectivity index (χ2v) is 10.8. The standard InChI is InChI=1S/C26H45N3O6/c1-6-21(17-23(31)34-7-2)27-24(32)20-9-8-14-29(18-20)22(30)11-10-19-12-15-28(16-13-19)25(33)35-26(3,4)5/h19-21H,6-18H2,1-5H3,(H,27,32)/t20-,21?/m1/s1. The van der Waals surface area contributed by atoms with Gasteiger partial charge in [-0.05, 0) is 72.1 Å². The fourth-order valence-corrected chi connectivity index (χ4v) is 4.67. The minimum Gasteiger partial charge on any atom is -0.466 e. The van der Waals surface area contributed by atoms with E-state index in [0.717, 1.165) is 32.1 Å². The van der Waals surface area contributed by atoms with Crippen molar-refractivity contribution in [2.75, 3.05) is 32.8 Å². The topological polar surface area (TPSA) is 105 Å². The zero-order valence-electron chi connectivity index (χ0n) is 22.3. The normalized spacial score (nSPS) is 20.2. The molecule has 200 valence electrons. The van der Waals surface area contributed by atoms with Crippen molar-refractivity contribution >= 4 is 23.9 Å². The van der Waals surface area contributed by atoms with Gasteiger partial charge in [0.25, 0.3) is 0 Å². The van der Waals surface area contributed by atoms with Gasteiger partial charge in [0, 0.05) is 38.6 Å². The van der Waals surface area contributed by atoms with Crippen molar-refractivity contribution < 1.29 is 28.7 Å². The van der Waals surface area contributed by atoms with Crippen LogP contribution in [0, 0.1) is 11.8 Å². The Morgan fingerprint density at radius 1 is 1.00 bits per heavy atom. The third kappa shape index (κ3) is 10.1. The Morgan fingerprint density at radius 2 is 1.69 bits per heavy atom. The van der Waals surface area contributed by atoms with E-state index in [1.807, 2.05) is 32.6 Å². The minimum atomic E-state index is -0.498. The van der Waals surface area contributed by atoms with Crippen LogP contribution < -0.4 is 5.32 Å². The molecule has 2 aliphatic heterocycles. The van der Waals surface area contributed by atoms with E-state index < -0.39 is 5.60 Å². The Labute approximate surface area is 210 Å². The molecular weight excluding hydrogens is 450 g/mol. The van der Waals surface area contributed by atoms with Gasteiger partial charge < -0.3 is 24.6 Å². The fourth-order valence-electron chi connectivity index (χ4n) is 4.67. The van der Waals surface area contributed by atoms with Gasteiger partial charge in [-0.25, -0.2) is 4.79 Å². The van der Waals surface area contributed by atoms with Crippen LogP contribution in [0.4, 0.5) is 4.79 Å². The maximum Gasteiger partial charge on any atom is 0.410 e. The molecule has 2 atom stereocenters. The molecule has 35 heavy (non-hydrogen) atoms. The van der Waals surface area contributed by atoms with Crippen molar-refractivity contribution in [3.8, 4) is 0 Å². The van der Waals surface area contributed by atoms with Crippen LogP contribution in [0.25, 0.3) is 0 Å². The van der Waals surface area contributed by atoms with Crippen molar-refractivity contribution in [1.29, 1.82) is 0 Å². The molecule has 2 heterocycles. The number of hydrogen-bond donors (Lipinski definition) is 1. The molecule has 9 heteroatoms. The van der Waals surface area contributed by atoms with Gasteiger partial charge >= 0.3 is 12.1 Å². The number of likely N-dealkylation sites (tertiary alicyclic amines) is 2. The monoisotopic (exact) mass is 495 g/mol. The van der Waals surface area contributed by atoms with Gasteiger partial charge in [-0.2, -0.15) is 0 Å². The number of nitrogens with one attached hydrogen (secondary N) is 1. The smallest absolute Gasteiger partial charge is 0.410 e. The van der Waals surface area contributed by atoms with E-state index in [9.17, 15) is 19.2 Å². The predicted molar refractivity (Wildman–Crippen MR) is 133 cm³/mol. The molecular formula is C26H45N3O6. The first-order valence-corrected chi connectivity index (χ1v) is 13.2. The number of carbonyl (C=O) groups is 4. The summed E-state index contributed by atoms with van der Waals surface area (Å²) < 4.78 is 10.4. The number of rotatable bonds is 9. The van der Waals surface area contributed by atoms with E-state index in [2.05, 4.69) is 5.32 Å². The number of nitrogens with zero attached hydrogens (tertiary/aromatic N) is 2. The summed E-state index contributed by atoms with van der Waals surface area (Å²) in [5, 5.41) is 2.98. The zero-order chi connectivity index (χ0) is 26.0. The quantitative estimate of drug-likeness (QED) is 0.491. The van der Waals surface area contributed by atoms with Crippen molar-refractivity contribution in [3.05, 3.63) is 0 Å². The Hall–Kier alpha value is -2.32. The molecule has 0 spiro atoms. The lowest BCUT2D eigenvalue weighted by atomic mass is 9.91. The molecule has 2 rings (SSSR count). The molecule has 2 saturated heterocycles. The van der Waals surface area contributed by atoms with Crippen molar-refractivity contribution in [3.63, 3.8) is 0 Å². The first-order chi connectivity index (χ1) is 16.5. The molecule has 0 aromatic rings. The Kier molecular flexibility index (Phi) is 11.3. The molecule has 0 aromatic carbocycles. The van der Waals surface area contributed by atoms with Crippen LogP contribution in [0.3, 0.4) is 0 Å². The minimum absolute atomic E-state index is 0.0897. The summed E-state index contributed by atoms with van der Waals surface area (Å²) in [5.74, 6) is -0.142. The van der Waals surface area contributed by atoms with Crippen LogP contribution in [0.5, 0.6) is 0 Å². The molecule has 0 saturated carbocycles. The Balaban J connectivity index is 1.74. The number of ether oxygens (including phenoxy) is 2. The summed E-state index contributed by atoms with van der Waals surface area (Å²) in [6, 6.07) is -0.251. The number of esters is 1. The van der Waals surface area contributed by atoms with E-state index >= 15 is 0 Å².